The van der Waals surface area contributed by atoms with Crippen LogP contribution < -0.4 is 10.5 Å². The Kier molecular flexibility index (Phi) is 4.23. The van der Waals surface area contributed by atoms with Gasteiger partial charge in [0.25, 0.3) is 0 Å². The van der Waals surface area contributed by atoms with E-state index in [9.17, 15) is 13.2 Å². The molecule has 2 nitrogen and oxygen atoms in total. The highest BCUT2D eigenvalue weighted by Crippen LogP contribution is 2.32. The lowest BCUT2D eigenvalue weighted by Crippen LogP contribution is -2.06. The Morgan fingerprint density at radius 1 is 1.10 bits per heavy atom. The second kappa shape index (κ2) is 5.75. The fourth-order valence-corrected chi connectivity index (χ4v) is 2.02. The Morgan fingerprint density at radius 3 is 2.50 bits per heavy atom. The van der Waals surface area contributed by atoms with Crippen LogP contribution in [0.2, 0.25) is 0 Å². The van der Waals surface area contributed by atoms with Gasteiger partial charge in [0.2, 0.25) is 0 Å². The third-order valence-corrected chi connectivity index (χ3v) is 3.49. The average molecular weight is 346 g/mol. The molecule has 2 aromatic rings. The van der Waals surface area contributed by atoms with Crippen molar-refractivity contribution in [2.45, 2.75) is 12.8 Å². The summed E-state index contributed by atoms with van der Waals surface area (Å²) in [7, 11) is 0. The number of hydrogen-bond acceptors (Lipinski definition) is 2. The zero-order chi connectivity index (χ0) is 14.8. The van der Waals surface area contributed by atoms with Crippen LogP contribution in [0.25, 0.3) is 0 Å². The number of nitrogens with two attached hydrogens (primary N) is 1. The standard InChI is InChI=1S/C14H11BrF3NO/c15-13-11(19)5-2-6-12(13)20-8-9-3-1-4-10(7-9)14(16,17)18/h1-7H,8,19H2. The number of halogens is 4. The summed E-state index contributed by atoms with van der Waals surface area (Å²) in [4.78, 5) is 0. The Bertz CT molecular complexity index is 614. The molecule has 0 aliphatic carbocycles. The lowest BCUT2D eigenvalue weighted by molar-refractivity contribution is -0.137. The van der Waals surface area contributed by atoms with Crippen molar-refractivity contribution in [3.8, 4) is 5.75 Å². The van der Waals surface area contributed by atoms with E-state index < -0.39 is 11.7 Å². The molecule has 20 heavy (non-hydrogen) atoms. The predicted octanol–water partition coefficient (Wildman–Crippen LogP) is 4.63. The number of ether oxygens (including phenoxy) is 1. The lowest BCUT2D eigenvalue weighted by atomic mass is 10.1. The molecule has 0 spiro atoms. The molecule has 0 fully saturated rings. The molecule has 0 unspecified atom stereocenters. The highest BCUT2D eigenvalue weighted by molar-refractivity contribution is 9.10. The summed E-state index contributed by atoms with van der Waals surface area (Å²) in [6.07, 6.45) is -4.35. The quantitative estimate of drug-likeness (QED) is 0.823. The summed E-state index contributed by atoms with van der Waals surface area (Å²) < 4.78 is 43.8. The van der Waals surface area contributed by atoms with Crippen molar-refractivity contribution in [1.82, 2.24) is 0 Å². The van der Waals surface area contributed by atoms with E-state index in [4.69, 9.17) is 10.5 Å². The van der Waals surface area contributed by atoms with Gasteiger partial charge in [-0.05, 0) is 45.8 Å². The first kappa shape index (κ1) is 14.7. The van der Waals surface area contributed by atoms with Crippen molar-refractivity contribution in [1.29, 1.82) is 0 Å². The van der Waals surface area contributed by atoms with Crippen LogP contribution in [0.1, 0.15) is 11.1 Å². The maximum Gasteiger partial charge on any atom is 0.416 e. The maximum absolute atomic E-state index is 12.6. The summed E-state index contributed by atoms with van der Waals surface area (Å²) in [6, 6.07) is 10.1. The van der Waals surface area contributed by atoms with Crippen molar-refractivity contribution in [2.24, 2.45) is 0 Å². The molecule has 0 amide bonds. The molecule has 0 aromatic heterocycles. The molecule has 2 rings (SSSR count). The van der Waals surface area contributed by atoms with E-state index in [2.05, 4.69) is 15.9 Å². The van der Waals surface area contributed by atoms with Crippen LogP contribution in [0, 0.1) is 0 Å². The van der Waals surface area contributed by atoms with Gasteiger partial charge < -0.3 is 10.5 Å². The Labute approximate surface area is 122 Å². The summed E-state index contributed by atoms with van der Waals surface area (Å²) in [5, 5.41) is 0. The topological polar surface area (TPSA) is 35.2 Å². The largest absolute Gasteiger partial charge is 0.488 e. The average Bonchev–Trinajstić information content (AvgIpc) is 2.40. The van der Waals surface area contributed by atoms with E-state index in [0.29, 0.717) is 21.5 Å². The number of benzene rings is 2. The molecule has 0 aliphatic rings. The highest BCUT2D eigenvalue weighted by atomic mass is 79.9. The van der Waals surface area contributed by atoms with Crippen molar-refractivity contribution in [2.75, 3.05) is 5.73 Å². The molecule has 6 heteroatoms. The van der Waals surface area contributed by atoms with Gasteiger partial charge in [-0.3, -0.25) is 0 Å². The minimum absolute atomic E-state index is 0.0337. The molecule has 0 radical (unpaired) electrons. The van der Waals surface area contributed by atoms with Crippen LogP contribution in [0.3, 0.4) is 0 Å². The van der Waals surface area contributed by atoms with E-state index in [0.717, 1.165) is 12.1 Å². The molecular weight excluding hydrogens is 335 g/mol. The molecule has 0 saturated heterocycles. The van der Waals surface area contributed by atoms with Crippen LogP contribution in [-0.4, -0.2) is 0 Å². The molecule has 106 valence electrons. The number of nitrogen functional groups attached to an aromatic ring is 1. The van der Waals surface area contributed by atoms with Gasteiger partial charge in [0.1, 0.15) is 12.4 Å². The van der Waals surface area contributed by atoms with Crippen molar-refractivity contribution < 1.29 is 17.9 Å². The fraction of sp³-hybridized carbons (Fsp3) is 0.143. The van der Waals surface area contributed by atoms with Crippen molar-refractivity contribution in [3.05, 3.63) is 58.1 Å². The van der Waals surface area contributed by atoms with Gasteiger partial charge in [-0.15, -0.1) is 0 Å². The number of alkyl halides is 3. The Balaban J connectivity index is 2.13. The van der Waals surface area contributed by atoms with Crippen molar-refractivity contribution in [3.63, 3.8) is 0 Å². The summed E-state index contributed by atoms with van der Waals surface area (Å²) in [5.74, 6) is 0.488. The zero-order valence-electron chi connectivity index (χ0n) is 10.2. The molecule has 2 aromatic carbocycles. The normalized spacial score (nSPS) is 11.4. The van der Waals surface area contributed by atoms with Gasteiger partial charge in [-0.25, -0.2) is 0 Å². The van der Waals surface area contributed by atoms with Crippen molar-refractivity contribution >= 4 is 21.6 Å². The first-order valence-corrected chi connectivity index (χ1v) is 6.50. The molecule has 0 saturated carbocycles. The van der Waals surface area contributed by atoms with Gasteiger partial charge in [0, 0.05) is 5.69 Å². The van der Waals surface area contributed by atoms with E-state index in [1.54, 1.807) is 24.3 Å². The molecule has 0 heterocycles. The number of rotatable bonds is 3. The second-order valence-electron chi connectivity index (χ2n) is 4.15. The van der Waals surface area contributed by atoms with E-state index in [1.807, 2.05) is 0 Å². The third-order valence-electron chi connectivity index (χ3n) is 2.64. The van der Waals surface area contributed by atoms with Gasteiger partial charge >= 0.3 is 6.18 Å². The molecular formula is C14H11BrF3NO. The summed E-state index contributed by atoms with van der Waals surface area (Å²) in [6.45, 7) is 0.0337. The molecule has 0 bridgehead atoms. The minimum Gasteiger partial charge on any atom is -0.488 e. The number of anilines is 1. The van der Waals surface area contributed by atoms with Crippen LogP contribution >= 0.6 is 15.9 Å². The van der Waals surface area contributed by atoms with Gasteiger partial charge in [0.05, 0.1) is 10.0 Å². The Hall–Kier alpha value is -1.69. The lowest BCUT2D eigenvalue weighted by Gasteiger charge is -2.11. The van der Waals surface area contributed by atoms with Crippen LogP contribution in [0.15, 0.2) is 46.9 Å². The first-order chi connectivity index (χ1) is 9.38. The summed E-state index contributed by atoms with van der Waals surface area (Å²) >= 11 is 3.27. The van der Waals surface area contributed by atoms with Gasteiger partial charge in [-0.2, -0.15) is 13.2 Å². The van der Waals surface area contributed by atoms with Gasteiger partial charge in [-0.1, -0.05) is 18.2 Å². The summed E-state index contributed by atoms with van der Waals surface area (Å²) in [5.41, 5.74) is 5.95. The van der Waals surface area contributed by atoms with Crippen LogP contribution in [0.4, 0.5) is 18.9 Å². The zero-order valence-corrected chi connectivity index (χ0v) is 11.8. The van der Waals surface area contributed by atoms with Gasteiger partial charge in [0.15, 0.2) is 0 Å². The predicted molar refractivity (Wildman–Crippen MR) is 74.3 cm³/mol. The Morgan fingerprint density at radius 2 is 1.80 bits per heavy atom. The SMILES string of the molecule is Nc1cccc(OCc2cccc(C(F)(F)F)c2)c1Br. The van der Waals surface area contributed by atoms with Crippen LogP contribution in [0.5, 0.6) is 5.75 Å². The molecule has 2 N–H and O–H groups in total. The second-order valence-corrected chi connectivity index (χ2v) is 4.94. The van der Waals surface area contributed by atoms with E-state index >= 15 is 0 Å². The van der Waals surface area contributed by atoms with E-state index in [1.165, 1.54) is 6.07 Å². The van der Waals surface area contributed by atoms with Crippen LogP contribution in [-0.2, 0) is 12.8 Å². The minimum atomic E-state index is -4.35. The third kappa shape index (κ3) is 3.45. The highest BCUT2D eigenvalue weighted by Gasteiger charge is 2.30. The maximum atomic E-state index is 12.6. The number of hydrogen-bond donors (Lipinski definition) is 1. The monoisotopic (exact) mass is 345 g/mol. The smallest absolute Gasteiger partial charge is 0.416 e. The molecule has 0 aliphatic heterocycles. The first-order valence-electron chi connectivity index (χ1n) is 5.71. The molecule has 0 atom stereocenters. The fourth-order valence-electron chi connectivity index (χ4n) is 1.64. The van der Waals surface area contributed by atoms with E-state index in [-0.39, 0.29) is 6.61 Å².